The van der Waals surface area contributed by atoms with Gasteiger partial charge in [0.2, 0.25) is 5.91 Å². The van der Waals surface area contributed by atoms with Gasteiger partial charge in [0.05, 0.1) is 0 Å². The van der Waals surface area contributed by atoms with Gasteiger partial charge >= 0.3 is 0 Å². The van der Waals surface area contributed by atoms with Crippen molar-refractivity contribution in [2.75, 3.05) is 13.1 Å². The first-order valence-electron chi connectivity index (χ1n) is 5.38. The molecule has 1 fully saturated rings. The van der Waals surface area contributed by atoms with E-state index in [0.717, 1.165) is 45.2 Å². The number of rotatable bonds is 6. The van der Waals surface area contributed by atoms with Gasteiger partial charge in [0.1, 0.15) is 0 Å². The molecule has 0 aromatic rings. The second kappa shape index (κ2) is 6.41. The summed E-state index contributed by atoms with van der Waals surface area (Å²) in [5, 5.41) is 0. The molecule has 14 heavy (non-hydrogen) atoms. The van der Waals surface area contributed by atoms with E-state index in [-0.39, 0.29) is 0 Å². The summed E-state index contributed by atoms with van der Waals surface area (Å²) >= 11 is 0. The van der Waals surface area contributed by atoms with Crippen LogP contribution in [0.15, 0.2) is 24.8 Å². The summed E-state index contributed by atoms with van der Waals surface area (Å²) in [6.45, 7) is 5.41. The Hall–Kier alpha value is -1.05. The van der Waals surface area contributed by atoms with E-state index >= 15 is 0 Å². The number of nitrogens with zero attached hydrogens (tertiary/aromatic N) is 1. The molecule has 0 aromatic heterocycles. The molecule has 0 N–H and O–H groups in total. The van der Waals surface area contributed by atoms with E-state index in [2.05, 4.69) is 18.7 Å². The molecule has 1 heterocycles. The Bertz CT molecular complexity index is 220. The van der Waals surface area contributed by atoms with Gasteiger partial charge in [-0.3, -0.25) is 4.79 Å². The zero-order valence-corrected chi connectivity index (χ0v) is 8.74. The highest BCUT2D eigenvalue weighted by Crippen LogP contribution is 2.09. The highest BCUT2D eigenvalue weighted by Gasteiger charge is 2.17. The molecule has 0 aliphatic carbocycles. The largest absolute Gasteiger partial charge is 0.339 e. The molecule has 78 valence electrons. The van der Waals surface area contributed by atoms with Crippen LogP contribution in [0.5, 0.6) is 0 Å². The number of carbonyl (C=O) groups excluding carboxylic acids is 1. The molecule has 0 saturated carbocycles. The van der Waals surface area contributed by atoms with Gasteiger partial charge in [0.25, 0.3) is 0 Å². The zero-order chi connectivity index (χ0) is 10.2. The van der Waals surface area contributed by atoms with Gasteiger partial charge in [0.15, 0.2) is 0 Å². The molecular formula is C12H19NO. The van der Waals surface area contributed by atoms with Crippen LogP contribution < -0.4 is 0 Å². The first-order chi connectivity index (χ1) is 6.84. The molecule has 1 aliphatic rings. The fraction of sp³-hybridized carbons (Fsp3) is 0.583. The number of likely N-dealkylation sites (tertiary alicyclic amines) is 1. The molecule has 0 aromatic carbocycles. The van der Waals surface area contributed by atoms with Gasteiger partial charge in [0, 0.05) is 19.5 Å². The molecule has 1 saturated heterocycles. The third-order valence-electron chi connectivity index (χ3n) is 2.44. The minimum atomic E-state index is 0.306. The summed E-state index contributed by atoms with van der Waals surface area (Å²) in [4.78, 5) is 13.1. The summed E-state index contributed by atoms with van der Waals surface area (Å²) < 4.78 is 0. The number of allylic oxidation sites excluding steroid dienone is 2. The molecule has 0 spiro atoms. The predicted molar refractivity (Wildman–Crippen MR) is 59.0 cm³/mol. The Balaban J connectivity index is 2.07. The number of hydrogen-bond donors (Lipinski definition) is 0. The van der Waals surface area contributed by atoms with Crippen molar-refractivity contribution in [1.29, 1.82) is 0 Å². The normalized spacial score (nSPS) is 16.9. The summed E-state index contributed by atoms with van der Waals surface area (Å²) in [6, 6.07) is 0. The summed E-state index contributed by atoms with van der Waals surface area (Å²) in [6.07, 6.45) is 11.3. The fourth-order valence-corrected chi connectivity index (χ4v) is 1.60. The van der Waals surface area contributed by atoms with E-state index in [1.54, 1.807) is 0 Å². The zero-order valence-electron chi connectivity index (χ0n) is 8.74. The molecule has 2 nitrogen and oxygen atoms in total. The number of unbranched alkanes of at least 4 members (excludes halogenated alkanes) is 2. The van der Waals surface area contributed by atoms with Gasteiger partial charge in [-0.25, -0.2) is 0 Å². The second-order valence-corrected chi connectivity index (χ2v) is 3.63. The number of amides is 1. The van der Waals surface area contributed by atoms with Gasteiger partial charge < -0.3 is 4.90 Å². The van der Waals surface area contributed by atoms with Gasteiger partial charge in [-0.2, -0.15) is 0 Å². The van der Waals surface area contributed by atoms with Crippen LogP contribution >= 0.6 is 0 Å². The summed E-state index contributed by atoms with van der Waals surface area (Å²) in [5.41, 5.74) is 0. The quantitative estimate of drug-likeness (QED) is 0.469. The minimum Gasteiger partial charge on any atom is -0.339 e. The number of hydrogen-bond acceptors (Lipinski definition) is 1. The molecule has 1 rings (SSSR count). The van der Waals surface area contributed by atoms with E-state index in [4.69, 9.17) is 0 Å². The van der Waals surface area contributed by atoms with Crippen LogP contribution in [0.25, 0.3) is 0 Å². The molecule has 0 radical (unpaired) electrons. The van der Waals surface area contributed by atoms with Crippen LogP contribution in [0, 0.1) is 0 Å². The van der Waals surface area contributed by atoms with E-state index in [0.29, 0.717) is 5.91 Å². The van der Waals surface area contributed by atoms with Crippen LogP contribution in [0.1, 0.15) is 32.1 Å². The van der Waals surface area contributed by atoms with E-state index in [9.17, 15) is 4.79 Å². The third-order valence-corrected chi connectivity index (χ3v) is 2.44. The lowest BCUT2D eigenvalue weighted by Gasteiger charge is -2.11. The maximum Gasteiger partial charge on any atom is 0.222 e. The molecule has 1 aliphatic heterocycles. The molecule has 0 bridgehead atoms. The Morgan fingerprint density at radius 3 is 2.86 bits per heavy atom. The highest BCUT2D eigenvalue weighted by atomic mass is 16.2. The van der Waals surface area contributed by atoms with Crippen LogP contribution in [-0.4, -0.2) is 23.9 Å². The Morgan fingerprint density at radius 2 is 2.21 bits per heavy atom. The Morgan fingerprint density at radius 1 is 1.36 bits per heavy atom. The first kappa shape index (κ1) is 11.0. The molecule has 0 atom stereocenters. The van der Waals surface area contributed by atoms with E-state index in [1.165, 1.54) is 0 Å². The second-order valence-electron chi connectivity index (χ2n) is 3.63. The maximum atomic E-state index is 11.2. The smallest absolute Gasteiger partial charge is 0.222 e. The molecule has 2 heteroatoms. The molecule has 0 unspecified atom stereocenters. The minimum absolute atomic E-state index is 0.306. The van der Waals surface area contributed by atoms with Gasteiger partial charge in [-0.05, 0) is 25.7 Å². The Labute approximate surface area is 86.3 Å². The lowest BCUT2D eigenvalue weighted by atomic mass is 10.2. The van der Waals surface area contributed by atoms with Crippen molar-refractivity contribution in [3.8, 4) is 0 Å². The van der Waals surface area contributed by atoms with Crippen molar-refractivity contribution >= 4 is 5.91 Å². The van der Waals surface area contributed by atoms with Crippen LogP contribution in [-0.2, 0) is 4.79 Å². The standard InChI is InChI=1S/C12H19NO/c1-2-3-4-5-6-7-10-13-11-8-9-12(13)14/h2,6-7H,1,3-5,8-11H2. The van der Waals surface area contributed by atoms with Crippen molar-refractivity contribution in [2.45, 2.75) is 32.1 Å². The van der Waals surface area contributed by atoms with Crippen molar-refractivity contribution in [3.05, 3.63) is 24.8 Å². The summed E-state index contributed by atoms with van der Waals surface area (Å²) in [5.74, 6) is 0.306. The molecular weight excluding hydrogens is 174 g/mol. The fourth-order valence-electron chi connectivity index (χ4n) is 1.60. The van der Waals surface area contributed by atoms with Gasteiger partial charge in [-0.1, -0.05) is 18.2 Å². The highest BCUT2D eigenvalue weighted by molar-refractivity contribution is 5.78. The number of carbonyl (C=O) groups is 1. The Kier molecular flexibility index (Phi) is 5.05. The van der Waals surface area contributed by atoms with E-state index in [1.807, 2.05) is 11.0 Å². The monoisotopic (exact) mass is 193 g/mol. The maximum absolute atomic E-state index is 11.2. The van der Waals surface area contributed by atoms with Crippen LogP contribution in [0.4, 0.5) is 0 Å². The van der Waals surface area contributed by atoms with Crippen LogP contribution in [0.3, 0.4) is 0 Å². The van der Waals surface area contributed by atoms with Crippen molar-refractivity contribution in [2.24, 2.45) is 0 Å². The van der Waals surface area contributed by atoms with Crippen molar-refractivity contribution < 1.29 is 4.79 Å². The summed E-state index contributed by atoms with van der Waals surface area (Å²) in [7, 11) is 0. The molecule has 1 amide bonds. The average Bonchev–Trinajstić information content (AvgIpc) is 2.58. The lowest BCUT2D eigenvalue weighted by molar-refractivity contribution is -0.127. The van der Waals surface area contributed by atoms with Crippen molar-refractivity contribution in [3.63, 3.8) is 0 Å². The topological polar surface area (TPSA) is 20.3 Å². The van der Waals surface area contributed by atoms with E-state index < -0.39 is 0 Å². The SMILES string of the molecule is C=CCCCC=CCN1CCCC1=O. The predicted octanol–water partition coefficient (Wildman–Crippen LogP) is 2.52. The lowest BCUT2D eigenvalue weighted by Crippen LogP contribution is -2.24. The first-order valence-corrected chi connectivity index (χ1v) is 5.38. The average molecular weight is 193 g/mol. The third kappa shape index (κ3) is 3.77. The van der Waals surface area contributed by atoms with Crippen molar-refractivity contribution in [1.82, 2.24) is 4.90 Å². The van der Waals surface area contributed by atoms with Crippen LogP contribution in [0.2, 0.25) is 0 Å². The van der Waals surface area contributed by atoms with Gasteiger partial charge in [-0.15, -0.1) is 6.58 Å².